The zero-order valence-corrected chi connectivity index (χ0v) is 19.5. The molecule has 0 radical (unpaired) electrons. The van der Waals surface area contributed by atoms with Crippen molar-refractivity contribution in [3.63, 3.8) is 0 Å². The molecule has 0 spiro atoms. The Morgan fingerprint density at radius 1 is 1.09 bits per heavy atom. The molecule has 2 aromatic heterocycles. The monoisotopic (exact) mass is 477 g/mol. The molecule has 0 unspecified atom stereocenters. The van der Waals surface area contributed by atoms with E-state index in [0.717, 1.165) is 15.7 Å². The van der Waals surface area contributed by atoms with Gasteiger partial charge in [0.2, 0.25) is 18.6 Å². The van der Waals surface area contributed by atoms with Gasteiger partial charge in [-0.15, -0.1) is 0 Å². The minimum Gasteiger partial charge on any atom is -0.454 e. The number of fused-ring (bicyclic) bond motifs is 2. The van der Waals surface area contributed by atoms with Gasteiger partial charge in [-0.2, -0.15) is 4.98 Å². The third-order valence-corrected chi connectivity index (χ3v) is 6.02. The van der Waals surface area contributed by atoms with Gasteiger partial charge in [-0.05, 0) is 44.0 Å². The summed E-state index contributed by atoms with van der Waals surface area (Å²) in [5.74, 6) is 1.16. The van der Waals surface area contributed by atoms with E-state index < -0.39 is 17.2 Å². The Morgan fingerprint density at radius 2 is 1.86 bits per heavy atom. The molecule has 0 saturated carbocycles. The molecule has 0 saturated heterocycles. The summed E-state index contributed by atoms with van der Waals surface area (Å²) in [5, 5.41) is 6.83. The summed E-state index contributed by atoms with van der Waals surface area (Å²) in [4.78, 5) is 43.9. The lowest BCUT2D eigenvalue weighted by atomic mass is 10.1. The Hall–Kier alpha value is -4.41. The van der Waals surface area contributed by atoms with Crippen molar-refractivity contribution in [1.29, 1.82) is 0 Å². The van der Waals surface area contributed by atoms with Crippen LogP contribution in [-0.4, -0.2) is 32.0 Å². The number of amides is 1. The summed E-state index contributed by atoms with van der Waals surface area (Å²) in [6.07, 6.45) is 0.181. The first-order valence-corrected chi connectivity index (χ1v) is 11.0. The molecule has 1 amide bonds. The van der Waals surface area contributed by atoms with E-state index in [1.165, 1.54) is 10.6 Å². The molecule has 1 aliphatic rings. The SMILES string of the molecule is Cc1noc(CCn2c(=O)c3cc4c(cc3n(CC(=O)Nc3cccc(C)c3C)c2=O)OCO4)n1. The topological polar surface area (TPSA) is 130 Å². The molecule has 180 valence electrons. The van der Waals surface area contributed by atoms with E-state index in [-0.39, 0.29) is 37.2 Å². The van der Waals surface area contributed by atoms with E-state index in [9.17, 15) is 14.4 Å². The molecule has 0 bridgehead atoms. The summed E-state index contributed by atoms with van der Waals surface area (Å²) < 4.78 is 18.3. The molecule has 11 heteroatoms. The molecule has 0 fully saturated rings. The van der Waals surface area contributed by atoms with Crippen LogP contribution in [0.2, 0.25) is 0 Å². The predicted molar refractivity (Wildman–Crippen MR) is 126 cm³/mol. The highest BCUT2D eigenvalue weighted by molar-refractivity contribution is 5.93. The van der Waals surface area contributed by atoms with Crippen LogP contribution in [0, 0.1) is 20.8 Å². The highest BCUT2D eigenvalue weighted by Gasteiger charge is 2.22. The second-order valence-electron chi connectivity index (χ2n) is 8.33. The van der Waals surface area contributed by atoms with Crippen molar-refractivity contribution in [3.8, 4) is 11.5 Å². The van der Waals surface area contributed by atoms with Crippen molar-refractivity contribution in [3.05, 3.63) is 74.0 Å². The number of nitrogens with one attached hydrogen (secondary N) is 1. The Balaban J connectivity index is 1.56. The molecule has 2 aromatic carbocycles. The van der Waals surface area contributed by atoms with E-state index in [4.69, 9.17) is 14.0 Å². The lowest BCUT2D eigenvalue weighted by molar-refractivity contribution is -0.116. The molecule has 5 rings (SSSR count). The van der Waals surface area contributed by atoms with E-state index in [2.05, 4.69) is 15.5 Å². The number of ether oxygens (including phenoxy) is 2. The first-order valence-electron chi connectivity index (χ1n) is 11.0. The van der Waals surface area contributed by atoms with Crippen molar-refractivity contribution in [2.24, 2.45) is 0 Å². The molecule has 1 N–H and O–H groups in total. The number of benzene rings is 2. The Kier molecular flexibility index (Phi) is 5.59. The number of nitrogens with zero attached hydrogens (tertiary/aromatic N) is 4. The molecule has 11 nitrogen and oxygen atoms in total. The number of anilines is 1. The average Bonchev–Trinajstić information content (AvgIpc) is 3.47. The van der Waals surface area contributed by atoms with Crippen molar-refractivity contribution in [2.75, 3.05) is 12.1 Å². The van der Waals surface area contributed by atoms with Crippen molar-refractivity contribution < 1.29 is 18.8 Å². The molecule has 0 aliphatic carbocycles. The van der Waals surface area contributed by atoms with Gasteiger partial charge in [-0.1, -0.05) is 17.3 Å². The lowest BCUT2D eigenvalue weighted by Crippen LogP contribution is -2.42. The number of rotatable bonds is 6. The predicted octanol–water partition coefficient (Wildman–Crippen LogP) is 2.08. The first-order chi connectivity index (χ1) is 16.8. The highest BCUT2D eigenvalue weighted by atomic mass is 16.7. The van der Waals surface area contributed by atoms with Crippen LogP contribution < -0.4 is 26.0 Å². The largest absolute Gasteiger partial charge is 0.454 e. The second-order valence-corrected chi connectivity index (χ2v) is 8.33. The number of hydrogen-bond donors (Lipinski definition) is 1. The van der Waals surface area contributed by atoms with Gasteiger partial charge in [-0.3, -0.25) is 18.7 Å². The zero-order valence-electron chi connectivity index (χ0n) is 19.5. The summed E-state index contributed by atoms with van der Waals surface area (Å²) in [5.41, 5.74) is 1.76. The quantitative estimate of drug-likeness (QED) is 0.447. The minimum atomic E-state index is -0.631. The zero-order chi connectivity index (χ0) is 24.7. The fourth-order valence-electron chi connectivity index (χ4n) is 4.03. The normalized spacial score (nSPS) is 12.3. The van der Waals surface area contributed by atoms with Gasteiger partial charge in [-0.25, -0.2) is 4.79 Å². The van der Waals surface area contributed by atoms with Gasteiger partial charge in [0.05, 0.1) is 10.9 Å². The standard InChI is InChI=1S/C24H23N5O6/c1-13-5-4-6-17(14(13)2)26-21(30)11-29-18-10-20-19(33-12-34-20)9-16(18)23(31)28(24(29)32)8-7-22-25-15(3)27-35-22/h4-6,9-10H,7-8,11-12H2,1-3H3,(H,26,30). The van der Waals surface area contributed by atoms with Crippen LogP contribution in [0.4, 0.5) is 5.69 Å². The molecule has 1 aliphatic heterocycles. The number of aromatic nitrogens is 4. The molecule has 4 aromatic rings. The van der Waals surface area contributed by atoms with Crippen molar-refractivity contribution in [2.45, 2.75) is 40.3 Å². The highest BCUT2D eigenvalue weighted by Crippen LogP contribution is 2.34. The van der Waals surface area contributed by atoms with Crippen molar-refractivity contribution >= 4 is 22.5 Å². The van der Waals surface area contributed by atoms with Gasteiger partial charge in [0.25, 0.3) is 5.56 Å². The summed E-state index contributed by atoms with van der Waals surface area (Å²) in [6.45, 7) is 5.25. The molecular formula is C24H23N5O6. The van der Waals surface area contributed by atoms with Crippen LogP contribution in [0.15, 0.2) is 44.4 Å². The minimum absolute atomic E-state index is 0.00227. The lowest BCUT2D eigenvalue weighted by Gasteiger charge is -2.15. The maximum atomic E-state index is 13.4. The Labute approximate surface area is 198 Å². The van der Waals surface area contributed by atoms with Crippen LogP contribution in [0.25, 0.3) is 10.9 Å². The summed E-state index contributed by atoms with van der Waals surface area (Å²) >= 11 is 0. The van der Waals surface area contributed by atoms with Crippen molar-refractivity contribution in [1.82, 2.24) is 19.3 Å². The number of carbonyl (C=O) groups excluding carboxylic acids is 1. The van der Waals surface area contributed by atoms with E-state index in [0.29, 0.717) is 28.9 Å². The van der Waals surface area contributed by atoms with Gasteiger partial charge in [0, 0.05) is 24.7 Å². The maximum absolute atomic E-state index is 13.4. The van der Waals surface area contributed by atoms with E-state index in [1.54, 1.807) is 19.1 Å². The fraction of sp³-hybridized carbons (Fsp3) is 0.292. The molecule has 0 atom stereocenters. The van der Waals surface area contributed by atoms with Crippen LogP contribution in [0.5, 0.6) is 11.5 Å². The second kappa shape index (κ2) is 8.75. The molecule has 35 heavy (non-hydrogen) atoms. The molecule has 3 heterocycles. The maximum Gasteiger partial charge on any atom is 0.331 e. The summed E-state index contributed by atoms with van der Waals surface area (Å²) in [7, 11) is 0. The van der Waals surface area contributed by atoms with Gasteiger partial charge in [0.15, 0.2) is 17.3 Å². The summed E-state index contributed by atoms with van der Waals surface area (Å²) in [6, 6.07) is 8.68. The van der Waals surface area contributed by atoms with E-state index in [1.807, 2.05) is 26.0 Å². The molecular weight excluding hydrogens is 454 g/mol. The Morgan fingerprint density at radius 3 is 2.60 bits per heavy atom. The van der Waals surface area contributed by atoms with E-state index >= 15 is 0 Å². The van der Waals surface area contributed by atoms with Gasteiger partial charge >= 0.3 is 5.69 Å². The van der Waals surface area contributed by atoms with Crippen LogP contribution in [0.1, 0.15) is 22.8 Å². The van der Waals surface area contributed by atoms with Gasteiger partial charge in [0.1, 0.15) is 6.54 Å². The van der Waals surface area contributed by atoms with Crippen LogP contribution >= 0.6 is 0 Å². The Bertz CT molecular complexity index is 1580. The third-order valence-electron chi connectivity index (χ3n) is 6.02. The number of aryl methyl sites for hydroxylation is 3. The fourth-order valence-corrected chi connectivity index (χ4v) is 4.03. The number of hydrogen-bond acceptors (Lipinski definition) is 8. The first kappa shape index (κ1) is 22.4. The smallest absolute Gasteiger partial charge is 0.331 e. The average molecular weight is 477 g/mol. The van der Waals surface area contributed by atoms with Crippen LogP contribution in [-0.2, 0) is 24.3 Å². The van der Waals surface area contributed by atoms with Crippen LogP contribution in [0.3, 0.4) is 0 Å². The number of carbonyl (C=O) groups is 1. The van der Waals surface area contributed by atoms with Gasteiger partial charge < -0.3 is 19.3 Å². The third kappa shape index (κ3) is 4.16.